The largest absolute Gasteiger partial charge is 0.466 e. The Bertz CT molecular complexity index is 757. The normalized spacial score (nSPS) is 33.2. The minimum absolute atomic E-state index is 0.0207. The second-order valence-electron chi connectivity index (χ2n) is 9.57. The molecule has 0 aromatic carbocycles. The highest BCUT2D eigenvalue weighted by Gasteiger charge is 2.77. The van der Waals surface area contributed by atoms with Crippen LogP contribution in [0.2, 0.25) is 0 Å². The molecule has 0 aromatic heterocycles. The second-order valence-corrected chi connectivity index (χ2v) is 11.1. The lowest BCUT2D eigenvalue weighted by Crippen LogP contribution is -2.59. The minimum Gasteiger partial charge on any atom is -0.466 e. The van der Waals surface area contributed by atoms with Crippen LogP contribution in [0.1, 0.15) is 59.8 Å². The van der Waals surface area contributed by atoms with Crippen LogP contribution in [0.25, 0.3) is 0 Å². The van der Waals surface area contributed by atoms with Crippen molar-refractivity contribution < 1.29 is 24.2 Å². The third-order valence-corrected chi connectivity index (χ3v) is 9.82. The van der Waals surface area contributed by atoms with Gasteiger partial charge in [0.15, 0.2) is 0 Å². The van der Waals surface area contributed by atoms with Crippen LogP contribution in [0.15, 0.2) is 12.7 Å². The minimum atomic E-state index is -0.696. The Morgan fingerprint density at radius 3 is 2.67 bits per heavy atom. The van der Waals surface area contributed by atoms with Gasteiger partial charge in [0.2, 0.25) is 11.8 Å². The first-order chi connectivity index (χ1) is 15.8. The maximum atomic E-state index is 14.2. The lowest BCUT2D eigenvalue weighted by atomic mass is 9.66. The van der Waals surface area contributed by atoms with Crippen molar-refractivity contribution in [3.63, 3.8) is 0 Å². The summed E-state index contributed by atoms with van der Waals surface area (Å²) in [5.74, 6) is -1.63. The van der Waals surface area contributed by atoms with Crippen LogP contribution in [-0.4, -0.2) is 81.1 Å². The van der Waals surface area contributed by atoms with Crippen molar-refractivity contribution in [2.24, 2.45) is 17.8 Å². The maximum Gasteiger partial charge on any atom is 0.310 e. The molecule has 186 valence electrons. The molecule has 0 aliphatic carbocycles. The van der Waals surface area contributed by atoms with E-state index in [-0.39, 0.29) is 42.2 Å². The lowest BCUT2D eigenvalue weighted by molar-refractivity contribution is -0.154. The lowest BCUT2D eigenvalue weighted by Gasteiger charge is -2.42. The molecule has 1 N–H and O–H groups in total. The van der Waals surface area contributed by atoms with Crippen LogP contribution in [0, 0.1) is 17.8 Å². The third kappa shape index (κ3) is 4.22. The molecule has 0 saturated carbocycles. The molecule has 7 nitrogen and oxygen atoms in total. The predicted octanol–water partition coefficient (Wildman–Crippen LogP) is 2.86. The topological polar surface area (TPSA) is 87.2 Å². The average Bonchev–Trinajstić information content (AvgIpc) is 3.38. The number of aliphatic hydroxyl groups is 1. The molecule has 3 heterocycles. The molecule has 2 amide bonds. The van der Waals surface area contributed by atoms with E-state index in [0.29, 0.717) is 19.5 Å². The van der Waals surface area contributed by atoms with Crippen LogP contribution in [-0.2, 0) is 19.1 Å². The summed E-state index contributed by atoms with van der Waals surface area (Å²) in [6, 6.07) is -1.15. The molecule has 1 spiro atoms. The van der Waals surface area contributed by atoms with E-state index in [2.05, 4.69) is 20.4 Å². The molecule has 2 bridgehead atoms. The van der Waals surface area contributed by atoms with E-state index in [9.17, 15) is 19.5 Å². The number of carbonyl (C=O) groups excluding carboxylic acids is 3. The van der Waals surface area contributed by atoms with E-state index in [1.807, 2.05) is 11.8 Å². The molecule has 3 unspecified atom stereocenters. The summed E-state index contributed by atoms with van der Waals surface area (Å²) in [6.45, 7) is 12.8. The maximum absolute atomic E-state index is 14.2. The Morgan fingerprint density at radius 1 is 1.36 bits per heavy atom. The fourth-order valence-electron chi connectivity index (χ4n) is 6.23. The van der Waals surface area contributed by atoms with E-state index < -0.39 is 28.7 Å². The van der Waals surface area contributed by atoms with Crippen molar-refractivity contribution in [1.29, 1.82) is 0 Å². The molecule has 3 fully saturated rings. The Kier molecular flexibility index (Phi) is 8.54. The average molecular weight is 481 g/mol. The van der Waals surface area contributed by atoms with Gasteiger partial charge in [0.1, 0.15) is 6.04 Å². The van der Waals surface area contributed by atoms with Gasteiger partial charge in [-0.1, -0.05) is 39.7 Å². The van der Waals surface area contributed by atoms with Gasteiger partial charge in [0.25, 0.3) is 0 Å². The molecule has 3 rings (SSSR count). The van der Waals surface area contributed by atoms with Crippen molar-refractivity contribution in [2.45, 2.75) is 81.9 Å². The number of carbonyl (C=O) groups is 3. The molecule has 8 heteroatoms. The standard InChI is InChI=1S/C25H40N2O5S/c1-6-10-11-13-26(12-7-2)23(30)21-25-16(5)14-18(33-25)19(24(31)32-9-4)20(25)22(29)27(21)17(8-3)15-28/h7,16-21,28H,2,6,8-15H2,1,3-5H3/t16?,17-,18+,19-,20-,21?,25?/m0/s1. The van der Waals surface area contributed by atoms with Crippen molar-refractivity contribution in [3.8, 4) is 0 Å². The number of thioether (sulfide) groups is 1. The van der Waals surface area contributed by atoms with Crippen LogP contribution in [0.3, 0.4) is 0 Å². The number of nitrogens with zero attached hydrogens (tertiary/aromatic N) is 2. The quantitative estimate of drug-likeness (QED) is 0.263. The fourth-order valence-corrected chi connectivity index (χ4v) is 8.62. The zero-order valence-electron chi connectivity index (χ0n) is 20.5. The number of fused-ring (bicyclic) bond motifs is 1. The van der Waals surface area contributed by atoms with Crippen molar-refractivity contribution in [3.05, 3.63) is 12.7 Å². The molecule has 33 heavy (non-hydrogen) atoms. The first kappa shape index (κ1) is 26.1. The van der Waals surface area contributed by atoms with E-state index >= 15 is 0 Å². The van der Waals surface area contributed by atoms with Gasteiger partial charge in [-0.15, -0.1) is 18.3 Å². The van der Waals surface area contributed by atoms with Crippen molar-refractivity contribution in [1.82, 2.24) is 9.80 Å². The first-order valence-electron chi connectivity index (χ1n) is 12.5. The molecule has 3 aliphatic heterocycles. The first-order valence-corrected chi connectivity index (χ1v) is 13.4. The van der Waals surface area contributed by atoms with Gasteiger partial charge in [-0.05, 0) is 32.1 Å². The van der Waals surface area contributed by atoms with E-state index in [1.165, 1.54) is 0 Å². The summed E-state index contributed by atoms with van der Waals surface area (Å²) in [6.07, 6.45) is 6.01. The van der Waals surface area contributed by atoms with Gasteiger partial charge < -0.3 is 19.6 Å². The molecule has 3 saturated heterocycles. The third-order valence-electron chi connectivity index (χ3n) is 7.74. The summed E-state index contributed by atoms with van der Waals surface area (Å²) in [7, 11) is 0. The number of hydrogen-bond acceptors (Lipinski definition) is 6. The van der Waals surface area contributed by atoms with Gasteiger partial charge in [0, 0.05) is 18.3 Å². The molecular formula is C25H40N2O5S. The number of hydrogen-bond donors (Lipinski definition) is 1. The van der Waals surface area contributed by atoms with E-state index in [0.717, 1.165) is 25.7 Å². The highest BCUT2D eigenvalue weighted by molar-refractivity contribution is 8.02. The SMILES string of the molecule is C=CCN(CCCCC)C(=O)C1N([C@@H](CC)CO)C(=O)[C@@H]2[C@@H](C(=O)OCC)[C@H]3CC(C)C12S3. The number of esters is 1. The zero-order chi connectivity index (χ0) is 24.3. The highest BCUT2D eigenvalue weighted by Crippen LogP contribution is 2.69. The van der Waals surface area contributed by atoms with E-state index in [4.69, 9.17) is 4.74 Å². The van der Waals surface area contributed by atoms with Crippen molar-refractivity contribution in [2.75, 3.05) is 26.3 Å². The number of aliphatic hydroxyl groups excluding tert-OH is 1. The van der Waals surface area contributed by atoms with Gasteiger partial charge in [-0.2, -0.15) is 0 Å². The molecular weight excluding hydrogens is 440 g/mol. The van der Waals surface area contributed by atoms with Gasteiger partial charge >= 0.3 is 5.97 Å². The fraction of sp³-hybridized carbons (Fsp3) is 0.800. The van der Waals surface area contributed by atoms with Crippen LogP contribution in [0.5, 0.6) is 0 Å². The van der Waals surface area contributed by atoms with Crippen LogP contribution >= 0.6 is 11.8 Å². The summed E-state index contributed by atoms with van der Waals surface area (Å²) in [5, 5.41) is 10.1. The second kappa shape index (κ2) is 10.8. The number of rotatable bonds is 12. The number of ether oxygens (including phenoxy) is 1. The predicted molar refractivity (Wildman–Crippen MR) is 130 cm³/mol. The Morgan fingerprint density at radius 2 is 2.09 bits per heavy atom. The van der Waals surface area contributed by atoms with Gasteiger partial charge in [-0.25, -0.2) is 0 Å². The summed E-state index contributed by atoms with van der Waals surface area (Å²) < 4.78 is 4.70. The number of unbranched alkanes of at least 4 members (excludes halogenated alkanes) is 2. The summed E-state index contributed by atoms with van der Waals surface area (Å²) >= 11 is 1.65. The molecule has 3 aliphatic rings. The van der Waals surface area contributed by atoms with Gasteiger partial charge in [-0.3, -0.25) is 14.4 Å². The Labute approximate surface area is 202 Å². The van der Waals surface area contributed by atoms with Crippen LogP contribution < -0.4 is 0 Å². The highest BCUT2D eigenvalue weighted by atomic mass is 32.2. The molecule has 7 atom stereocenters. The van der Waals surface area contributed by atoms with E-state index in [1.54, 1.807) is 29.7 Å². The Balaban J connectivity index is 2.07. The zero-order valence-corrected chi connectivity index (χ0v) is 21.3. The monoisotopic (exact) mass is 480 g/mol. The van der Waals surface area contributed by atoms with Gasteiger partial charge in [0.05, 0.1) is 35.8 Å². The number of amides is 2. The molecule has 0 radical (unpaired) electrons. The number of likely N-dealkylation sites (tertiary alicyclic amines) is 1. The Hall–Kier alpha value is -1.54. The molecule has 0 aromatic rings. The smallest absolute Gasteiger partial charge is 0.310 e. The summed E-state index contributed by atoms with van der Waals surface area (Å²) in [4.78, 5) is 44.5. The van der Waals surface area contributed by atoms with Crippen molar-refractivity contribution >= 4 is 29.5 Å². The van der Waals surface area contributed by atoms with Crippen LogP contribution in [0.4, 0.5) is 0 Å². The summed E-state index contributed by atoms with van der Waals surface area (Å²) in [5.41, 5.74) is 0.